The Balaban J connectivity index is 2.30. The number of aryl methyl sites for hydroxylation is 2. The Kier molecular flexibility index (Phi) is 5.15. The largest absolute Gasteiger partial charge is 0.325 e. The van der Waals surface area contributed by atoms with Gasteiger partial charge in [-0.2, -0.15) is 5.10 Å². The standard InChI is InChI=1S/C16H27N5/c1-6-7-9-21-16(18-15(19-21)11-12(2)3)13(4)20-10-8-17-14(20)5/h8,10,12-13H,6-7,9,11H2,1-5H3/t13-/m1/s1. The zero-order valence-corrected chi connectivity index (χ0v) is 13.9. The summed E-state index contributed by atoms with van der Waals surface area (Å²) < 4.78 is 4.25. The van der Waals surface area contributed by atoms with E-state index in [0.29, 0.717) is 5.92 Å². The van der Waals surface area contributed by atoms with Gasteiger partial charge in [0.2, 0.25) is 0 Å². The van der Waals surface area contributed by atoms with E-state index in [9.17, 15) is 0 Å². The summed E-state index contributed by atoms with van der Waals surface area (Å²) in [5.41, 5.74) is 0. The predicted octanol–water partition coefficient (Wildman–Crippen LogP) is 3.39. The van der Waals surface area contributed by atoms with E-state index in [2.05, 4.69) is 41.9 Å². The molecule has 0 bridgehead atoms. The Morgan fingerprint density at radius 1 is 1.24 bits per heavy atom. The molecule has 5 nitrogen and oxygen atoms in total. The molecule has 0 N–H and O–H groups in total. The molecule has 0 saturated carbocycles. The normalized spacial score (nSPS) is 13.0. The average Bonchev–Trinajstić information content (AvgIpc) is 3.01. The summed E-state index contributed by atoms with van der Waals surface area (Å²) in [6, 6.07) is 0.165. The first-order chi connectivity index (χ1) is 10.0. The molecule has 0 saturated heterocycles. The van der Waals surface area contributed by atoms with Crippen molar-refractivity contribution in [3.05, 3.63) is 29.9 Å². The van der Waals surface area contributed by atoms with Crippen molar-refractivity contribution in [2.24, 2.45) is 5.92 Å². The van der Waals surface area contributed by atoms with Crippen LogP contribution in [0.2, 0.25) is 0 Å². The van der Waals surface area contributed by atoms with Gasteiger partial charge in [-0.25, -0.2) is 14.6 Å². The maximum absolute atomic E-state index is 4.80. The second kappa shape index (κ2) is 6.87. The fourth-order valence-corrected chi connectivity index (χ4v) is 2.56. The minimum Gasteiger partial charge on any atom is -0.325 e. The molecule has 116 valence electrons. The zero-order valence-electron chi connectivity index (χ0n) is 13.9. The molecule has 2 aromatic heterocycles. The maximum atomic E-state index is 4.80. The van der Waals surface area contributed by atoms with E-state index in [-0.39, 0.29) is 6.04 Å². The molecule has 21 heavy (non-hydrogen) atoms. The lowest BCUT2D eigenvalue weighted by atomic mass is 10.1. The van der Waals surface area contributed by atoms with Crippen LogP contribution in [0.4, 0.5) is 0 Å². The molecule has 0 amide bonds. The Morgan fingerprint density at radius 3 is 2.57 bits per heavy atom. The maximum Gasteiger partial charge on any atom is 0.151 e. The SMILES string of the molecule is CCCCn1nc(CC(C)C)nc1[C@@H](C)n1ccnc1C. The van der Waals surface area contributed by atoms with E-state index in [1.165, 1.54) is 0 Å². The van der Waals surface area contributed by atoms with E-state index in [1.807, 2.05) is 19.3 Å². The molecule has 0 aliphatic rings. The Bertz CT molecular complexity index is 567. The Hall–Kier alpha value is -1.65. The third-order valence-electron chi connectivity index (χ3n) is 3.71. The summed E-state index contributed by atoms with van der Waals surface area (Å²) in [7, 11) is 0. The molecular weight excluding hydrogens is 262 g/mol. The van der Waals surface area contributed by atoms with Crippen molar-refractivity contribution in [2.45, 2.75) is 66.5 Å². The molecule has 0 unspecified atom stereocenters. The van der Waals surface area contributed by atoms with Gasteiger partial charge >= 0.3 is 0 Å². The summed E-state index contributed by atoms with van der Waals surface area (Å²) in [6.07, 6.45) is 7.08. The molecule has 2 heterocycles. The lowest BCUT2D eigenvalue weighted by Crippen LogP contribution is -2.15. The highest BCUT2D eigenvalue weighted by atomic mass is 15.4. The van der Waals surface area contributed by atoms with Crippen LogP contribution in [-0.4, -0.2) is 24.3 Å². The number of imidazole rings is 1. The van der Waals surface area contributed by atoms with Crippen LogP contribution < -0.4 is 0 Å². The van der Waals surface area contributed by atoms with Gasteiger partial charge in [0.1, 0.15) is 11.6 Å². The van der Waals surface area contributed by atoms with Crippen molar-refractivity contribution in [3.8, 4) is 0 Å². The van der Waals surface area contributed by atoms with Gasteiger partial charge in [0.25, 0.3) is 0 Å². The summed E-state index contributed by atoms with van der Waals surface area (Å²) in [5, 5.41) is 4.72. The van der Waals surface area contributed by atoms with Crippen LogP contribution in [0.5, 0.6) is 0 Å². The van der Waals surface area contributed by atoms with Gasteiger partial charge in [0.15, 0.2) is 5.82 Å². The second-order valence-corrected chi connectivity index (χ2v) is 6.12. The summed E-state index contributed by atoms with van der Waals surface area (Å²) in [4.78, 5) is 9.12. The summed E-state index contributed by atoms with van der Waals surface area (Å²) >= 11 is 0. The second-order valence-electron chi connectivity index (χ2n) is 6.12. The van der Waals surface area contributed by atoms with Gasteiger partial charge in [0.05, 0.1) is 6.04 Å². The molecule has 0 fully saturated rings. The average molecular weight is 289 g/mol. The monoisotopic (exact) mass is 289 g/mol. The molecule has 2 aromatic rings. The van der Waals surface area contributed by atoms with Gasteiger partial charge in [-0.05, 0) is 26.2 Å². The fourth-order valence-electron chi connectivity index (χ4n) is 2.56. The van der Waals surface area contributed by atoms with Crippen molar-refractivity contribution in [1.29, 1.82) is 0 Å². The van der Waals surface area contributed by atoms with Crippen molar-refractivity contribution in [1.82, 2.24) is 24.3 Å². The molecule has 0 radical (unpaired) electrons. The predicted molar refractivity (Wildman–Crippen MR) is 84.2 cm³/mol. The molecule has 5 heteroatoms. The molecule has 1 atom stereocenters. The van der Waals surface area contributed by atoms with Crippen LogP contribution in [0.15, 0.2) is 12.4 Å². The van der Waals surface area contributed by atoms with E-state index in [0.717, 1.165) is 43.3 Å². The van der Waals surface area contributed by atoms with Crippen LogP contribution in [0.3, 0.4) is 0 Å². The number of hydrogen-bond acceptors (Lipinski definition) is 3. The number of hydrogen-bond donors (Lipinski definition) is 0. The zero-order chi connectivity index (χ0) is 15.4. The first-order valence-corrected chi connectivity index (χ1v) is 7.96. The molecule has 0 aliphatic carbocycles. The van der Waals surface area contributed by atoms with Crippen LogP contribution >= 0.6 is 0 Å². The van der Waals surface area contributed by atoms with E-state index in [4.69, 9.17) is 10.1 Å². The third kappa shape index (κ3) is 3.71. The highest BCUT2D eigenvalue weighted by Crippen LogP contribution is 2.19. The minimum absolute atomic E-state index is 0.165. The molecule has 0 aromatic carbocycles. The topological polar surface area (TPSA) is 48.5 Å². The molecular formula is C16H27N5. The van der Waals surface area contributed by atoms with Gasteiger partial charge in [-0.15, -0.1) is 0 Å². The highest BCUT2D eigenvalue weighted by molar-refractivity contribution is 5.04. The van der Waals surface area contributed by atoms with Gasteiger partial charge in [0, 0.05) is 25.4 Å². The Morgan fingerprint density at radius 2 is 2.00 bits per heavy atom. The van der Waals surface area contributed by atoms with Gasteiger partial charge in [-0.3, -0.25) is 0 Å². The smallest absolute Gasteiger partial charge is 0.151 e. The van der Waals surface area contributed by atoms with E-state index < -0.39 is 0 Å². The van der Waals surface area contributed by atoms with Crippen molar-refractivity contribution >= 4 is 0 Å². The first kappa shape index (κ1) is 15.7. The molecule has 0 aliphatic heterocycles. The lowest BCUT2D eigenvalue weighted by Gasteiger charge is -2.15. The third-order valence-corrected chi connectivity index (χ3v) is 3.71. The number of nitrogens with zero attached hydrogens (tertiary/aromatic N) is 5. The number of aromatic nitrogens is 5. The van der Waals surface area contributed by atoms with Crippen LogP contribution in [0, 0.1) is 12.8 Å². The van der Waals surface area contributed by atoms with Crippen molar-refractivity contribution in [2.75, 3.05) is 0 Å². The van der Waals surface area contributed by atoms with E-state index >= 15 is 0 Å². The Labute approximate surface area is 127 Å². The highest BCUT2D eigenvalue weighted by Gasteiger charge is 2.19. The minimum atomic E-state index is 0.165. The summed E-state index contributed by atoms with van der Waals surface area (Å²) in [5.74, 6) is 3.59. The number of rotatable bonds is 7. The van der Waals surface area contributed by atoms with Crippen molar-refractivity contribution < 1.29 is 0 Å². The van der Waals surface area contributed by atoms with E-state index in [1.54, 1.807) is 0 Å². The quantitative estimate of drug-likeness (QED) is 0.785. The fraction of sp³-hybridized carbons (Fsp3) is 0.688. The van der Waals surface area contributed by atoms with Crippen molar-refractivity contribution in [3.63, 3.8) is 0 Å². The number of unbranched alkanes of at least 4 members (excludes halogenated alkanes) is 1. The van der Waals surface area contributed by atoms with Gasteiger partial charge < -0.3 is 4.57 Å². The van der Waals surface area contributed by atoms with Crippen LogP contribution in [0.1, 0.15) is 64.1 Å². The molecule has 2 rings (SSSR count). The van der Waals surface area contributed by atoms with Crippen LogP contribution in [0.25, 0.3) is 0 Å². The van der Waals surface area contributed by atoms with Crippen LogP contribution in [-0.2, 0) is 13.0 Å². The molecule has 0 spiro atoms. The lowest BCUT2D eigenvalue weighted by molar-refractivity contribution is 0.488. The summed E-state index contributed by atoms with van der Waals surface area (Å²) in [6.45, 7) is 11.7. The van der Waals surface area contributed by atoms with Gasteiger partial charge in [-0.1, -0.05) is 27.2 Å². The first-order valence-electron chi connectivity index (χ1n) is 7.96.